The minimum absolute atomic E-state index is 0.0306. The second-order valence-corrected chi connectivity index (χ2v) is 7.26. The van der Waals surface area contributed by atoms with Crippen LogP contribution in [-0.2, 0) is 25.7 Å². The predicted molar refractivity (Wildman–Crippen MR) is 112 cm³/mol. The first-order valence-electron chi connectivity index (χ1n) is 9.04. The lowest BCUT2D eigenvalue weighted by atomic mass is 9.98. The molecule has 0 spiro atoms. The number of amides is 1. The first kappa shape index (κ1) is 24.2. The smallest absolute Gasteiger partial charge is 0.408 e. The Hall–Kier alpha value is -3.10. The molecule has 0 fully saturated rings. The van der Waals surface area contributed by atoms with E-state index in [1.165, 1.54) is 25.1 Å². The molecular weight excluding hydrogens is 449 g/mol. The van der Waals surface area contributed by atoms with Crippen LogP contribution in [0.1, 0.15) is 22.8 Å². The Morgan fingerprint density at radius 2 is 1.58 bits per heavy atom. The maximum absolute atomic E-state index is 12.5. The molecule has 0 bridgehead atoms. The number of ketones is 1. The molecule has 0 aromatic heterocycles. The number of Topliss-reactive ketones (excluding diaryl/α,β-unsaturated/α-hetero) is 1. The van der Waals surface area contributed by atoms with E-state index >= 15 is 0 Å². The minimum Gasteiger partial charge on any atom is -0.481 e. The van der Waals surface area contributed by atoms with E-state index in [0.29, 0.717) is 5.56 Å². The third kappa shape index (κ3) is 6.97. The monoisotopic (exact) mass is 467 g/mol. The fraction of sp³-hybridized carbons (Fsp3) is 0.238. The number of hydrogen-bond donors (Lipinski definition) is 2. The SMILES string of the molecule is C[C@H](C(=O)O)[C@H](NC(=O)OCc1ccccc1)C(=O)COC(=O)c1c(Cl)cccc1Cl. The van der Waals surface area contributed by atoms with Crippen molar-refractivity contribution >= 4 is 47.0 Å². The molecule has 2 rings (SSSR count). The molecule has 0 saturated carbocycles. The van der Waals surface area contributed by atoms with Gasteiger partial charge in [-0.15, -0.1) is 0 Å². The number of carbonyl (C=O) groups is 4. The lowest BCUT2D eigenvalue weighted by molar-refractivity contribution is -0.144. The van der Waals surface area contributed by atoms with Gasteiger partial charge in [0.2, 0.25) is 0 Å². The zero-order chi connectivity index (χ0) is 23.0. The van der Waals surface area contributed by atoms with Gasteiger partial charge in [0.1, 0.15) is 12.6 Å². The molecule has 0 heterocycles. The van der Waals surface area contributed by atoms with Gasteiger partial charge >= 0.3 is 18.0 Å². The maximum Gasteiger partial charge on any atom is 0.408 e. The third-order valence-electron chi connectivity index (χ3n) is 4.23. The molecule has 0 aliphatic heterocycles. The summed E-state index contributed by atoms with van der Waals surface area (Å²) >= 11 is 11.9. The summed E-state index contributed by atoms with van der Waals surface area (Å²) in [6.07, 6.45) is -0.990. The zero-order valence-electron chi connectivity index (χ0n) is 16.3. The van der Waals surface area contributed by atoms with Crippen LogP contribution >= 0.6 is 23.2 Å². The molecule has 0 aliphatic rings. The molecule has 0 unspecified atom stereocenters. The minimum atomic E-state index is -1.49. The predicted octanol–water partition coefficient (Wildman–Crippen LogP) is 3.74. The number of nitrogens with one attached hydrogen (secondary N) is 1. The number of carboxylic acid groups (broad SMARTS) is 1. The number of halogens is 2. The summed E-state index contributed by atoms with van der Waals surface area (Å²) < 4.78 is 9.96. The van der Waals surface area contributed by atoms with E-state index in [9.17, 15) is 24.3 Å². The van der Waals surface area contributed by atoms with Gasteiger partial charge in [-0.05, 0) is 24.6 Å². The Balaban J connectivity index is 2.01. The van der Waals surface area contributed by atoms with Gasteiger partial charge in [-0.25, -0.2) is 9.59 Å². The summed E-state index contributed by atoms with van der Waals surface area (Å²) in [5, 5.41) is 11.5. The summed E-state index contributed by atoms with van der Waals surface area (Å²) in [7, 11) is 0. The molecule has 8 nitrogen and oxygen atoms in total. The van der Waals surface area contributed by atoms with Crippen molar-refractivity contribution in [3.63, 3.8) is 0 Å². The largest absolute Gasteiger partial charge is 0.481 e. The van der Waals surface area contributed by atoms with Crippen LogP contribution in [0.5, 0.6) is 0 Å². The number of carbonyl (C=O) groups excluding carboxylic acids is 3. The molecular formula is C21H19Cl2NO7. The van der Waals surface area contributed by atoms with E-state index in [0.717, 1.165) is 0 Å². The van der Waals surface area contributed by atoms with Crippen molar-refractivity contribution < 1.29 is 33.8 Å². The quantitative estimate of drug-likeness (QED) is 0.539. The molecule has 0 aliphatic carbocycles. The van der Waals surface area contributed by atoms with Crippen molar-refractivity contribution in [1.82, 2.24) is 5.32 Å². The van der Waals surface area contributed by atoms with Crippen LogP contribution in [-0.4, -0.2) is 41.6 Å². The van der Waals surface area contributed by atoms with E-state index in [2.05, 4.69) is 5.32 Å². The highest BCUT2D eigenvalue weighted by Crippen LogP contribution is 2.25. The molecule has 2 N–H and O–H groups in total. The van der Waals surface area contributed by atoms with Crippen LogP contribution in [0.4, 0.5) is 4.79 Å². The molecule has 10 heteroatoms. The van der Waals surface area contributed by atoms with Crippen molar-refractivity contribution in [3.05, 3.63) is 69.7 Å². The van der Waals surface area contributed by atoms with E-state index < -0.39 is 42.4 Å². The standard InChI is InChI=1S/C21H19Cl2NO7/c1-12(19(26)27)18(24-21(29)31-10-13-6-3-2-4-7-13)16(25)11-30-20(28)17-14(22)8-5-9-15(17)23/h2-9,12,18H,10-11H2,1H3,(H,24,29)(H,26,27)/t12-,18-/m0/s1. The summed E-state index contributed by atoms with van der Waals surface area (Å²) in [5.41, 5.74) is 0.578. The van der Waals surface area contributed by atoms with Gasteiger partial charge in [-0.2, -0.15) is 0 Å². The Bertz CT molecular complexity index is 945. The number of ether oxygens (including phenoxy) is 2. The van der Waals surface area contributed by atoms with Crippen molar-refractivity contribution in [2.45, 2.75) is 19.6 Å². The highest BCUT2D eigenvalue weighted by atomic mass is 35.5. The fourth-order valence-corrected chi connectivity index (χ4v) is 3.06. The van der Waals surface area contributed by atoms with Crippen LogP contribution in [0.2, 0.25) is 10.0 Å². The number of esters is 1. The summed E-state index contributed by atoms with van der Waals surface area (Å²) in [6.45, 7) is 0.353. The number of alkyl carbamates (subject to hydrolysis) is 1. The number of carboxylic acids is 1. The zero-order valence-corrected chi connectivity index (χ0v) is 17.9. The van der Waals surface area contributed by atoms with Gasteiger partial charge in [0, 0.05) is 0 Å². The highest BCUT2D eigenvalue weighted by Gasteiger charge is 2.33. The molecule has 31 heavy (non-hydrogen) atoms. The van der Waals surface area contributed by atoms with Gasteiger partial charge in [-0.3, -0.25) is 9.59 Å². The fourth-order valence-electron chi connectivity index (χ4n) is 2.51. The van der Waals surface area contributed by atoms with Crippen molar-refractivity contribution in [2.75, 3.05) is 6.61 Å². The first-order valence-corrected chi connectivity index (χ1v) is 9.80. The number of aliphatic carboxylic acids is 1. The van der Waals surface area contributed by atoms with Gasteiger partial charge in [0.05, 0.1) is 21.5 Å². The lowest BCUT2D eigenvalue weighted by Gasteiger charge is -2.21. The average Bonchev–Trinajstić information content (AvgIpc) is 2.74. The van der Waals surface area contributed by atoms with Gasteiger partial charge < -0.3 is 19.9 Å². The van der Waals surface area contributed by atoms with Gasteiger partial charge in [0.15, 0.2) is 12.4 Å². The Labute approximate surface area is 188 Å². The third-order valence-corrected chi connectivity index (χ3v) is 4.86. The topological polar surface area (TPSA) is 119 Å². The highest BCUT2D eigenvalue weighted by molar-refractivity contribution is 6.39. The molecule has 2 aromatic rings. The number of hydrogen-bond acceptors (Lipinski definition) is 6. The molecule has 1 amide bonds. The summed E-state index contributed by atoms with van der Waals surface area (Å²) in [5.74, 6) is -4.44. The van der Waals surface area contributed by atoms with E-state index in [-0.39, 0.29) is 22.2 Å². The summed E-state index contributed by atoms with van der Waals surface area (Å²) in [4.78, 5) is 48.2. The molecule has 164 valence electrons. The van der Waals surface area contributed by atoms with Crippen molar-refractivity contribution in [3.8, 4) is 0 Å². The van der Waals surface area contributed by atoms with Crippen LogP contribution in [0.25, 0.3) is 0 Å². The average molecular weight is 468 g/mol. The van der Waals surface area contributed by atoms with Crippen LogP contribution in [0, 0.1) is 5.92 Å². The van der Waals surface area contributed by atoms with Crippen LogP contribution < -0.4 is 5.32 Å². The van der Waals surface area contributed by atoms with E-state index in [1.807, 2.05) is 0 Å². The molecule has 0 radical (unpaired) electrons. The molecule has 2 atom stereocenters. The second kappa shape index (κ2) is 11.3. The van der Waals surface area contributed by atoms with Gasteiger partial charge in [0.25, 0.3) is 0 Å². The Morgan fingerprint density at radius 1 is 0.968 bits per heavy atom. The first-order chi connectivity index (χ1) is 14.7. The Morgan fingerprint density at radius 3 is 2.16 bits per heavy atom. The van der Waals surface area contributed by atoms with Gasteiger partial charge in [-0.1, -0.05) is 59.6 Å². The number of benzene rings is 2. The van der Waals surface area contributed by atoms with Crippen molar-refractivity contribution in [1.29, 1.82) is 0 Å². The normalized spacial score (nSPS) is 12.4. The van der Waals surface area contributed by atoms with Crippen LogP contribution in [0.3, 0.4) is 0 Å². The summed E-state index contributed by atoms with van der Waals surface area (Å²) in [6, 6.07) is 11.7. The maximum atomic E-state index is 12.5. The molecule has 2 aromatic carbocycles. The van der Waals surface area contributed by atoms with E-state index in [1.54, 1.807) is 30.3 Å². The van der Waals surface area contributed by atoms with Crippen LogP contribution in [0.15, 0.2) is 48.5 Å². The second-order valence-electron chi connectivity index (χ2n) is 6.45. The Kier molecular flexibility index (Phi) is 8.84. The lowest BCUT2D eigenvalue weighted by Crippen LogP contribution is -2.49. The molecule has 0 saturated heterocycles. The van der Waals surface area contributed by atoms with E-state index in [4.69, 9.17) is 32.7 Å². The number of rotatable bonds is 9. The van der Waals surface area contributed by atoms with Crippen molar-refractivity contribution in [2.24, 2.45) is 5.92 Å².